The predicted octanol–water partition coefficient (Wildman–Crippen LogP) is 6.20. The number of aryl methyl sites for hydroxylation is 1. The lowest BCUT2D eigenvalue weighted by atomic mass is 9.97. The molecule has 3 aromatic rings. The molecule has 33 heavy (non-hydrogen) atoms. The third kappa shape index (κ3) is 8.53. The van der Waals surface area contributed by atoms with Crippen molar-refractivity contribution in [2.75, 3.05) is 12.7 Å². The molecule has 0 aliphatic rings. The van der Waals surface area contributed by atoms with Gasteiger partial charge in [0, 0.05) is 17.7 Å². The van der Waals surface area contributed by atoms with Crippen LogP contribution in [0.2, 0.25) is 0 Å². The summed E-state index contributed by atoms with van der Waals surface area (Å²) in [6, 6.07) is 23.2. The van der Waals surface area contributed by atoms with Crippen LogP contribution in [0.5, 0.6) is 0 Å². The maximum atomic E-state index is 11.0. The van der Waals surface area contributed by atoms with Gasteiger partial charge in [0.15, 0.2) is 0 Å². The monoisotopic (exact) mass is 466 g/mol. The molecule has 0 unspecified atom stereocenters. The van der Waals surface area contributed by atoms with Gasteiger partial charge in [-0.05, 0) is 43.0 Å². The summed E-state index contributed by atoms with van der Waals surface area (Å²) in [5.74, 6) is 0. The molecule has 176 valence electrons. The van der Waals surface area contributed by atoms with Crippen LogP contribution in [0.25, 0.3) is 22.4 Å². The van der Waals surface area contributed by atoms with Gasteiger partial charge in [0.05, 0.1) is 17.5 Å². The molecular weight excluding hydrogens is 431 g/mol. The zero-order valence-corrected chi connectivity index (χ0v) is 20.3. The molecule has 0 atom stereocenters. The second kappa shape index (κ2) is 12.8. The van der Waals surface area contributed by atoms with E-state index in [1.54, 1.807) is 0 Å². The van der Waals surface area contributed by atoms with Gasteiger partial charge in [-0.15, -0.1) is 0 Å². The largest absolute Gasteiger partial charge is 0.325 e. The van der Waals surface area contributed by atoms with E-state index < -0.39 is 7.60 Å². The van der Waals surface area contributed by atoms with Crippen LogP contribution in [0.3, 0.4) is 0 Å². The first kappa shape index (κ1) is 25.3. The Morgan fingerprint density at radius 3 is 2.30 bits per heavy atom. The normalized spacial score (nSPS) is 11.6. The molecule has 0 spiro atoms. The number of nitrogens with one attached hydrogen (secondary N) is 1. The summed E-state index contributed by atoms with van der Waals surface area (Å²) in [5.41, 5.74) is 6.55. The SMILES string of the molecule is CCCCCCc1ccc(-c2ccc(CNCCCP(=O)(O)O)nc2-c2ccccc2)cc1. The van der Waals surface area contributed by atoms with Crippen LogP contribution < -0.4 is 5.32 Å². The van der Waals surface area contributed by atoms with Crippen molar-refractivity contribution >= 4 is 7.60 Å². The van der Waals surface area contributed by atoms with Crippen LogP contribution in [0.1, 0.15) is 50.3 Å². The molecule has 6 heteroatoms. The van der Waals surface area contributed by atoms with Crippen LogP contribution in [0, 0.1) is 0 Å². The lowest BCUT2D eigenvalue weighted by Crippen LogP contribution is -2.16. The maximum Gasteiger partial charge on any atom is 0.325 e. The number of hydrogen-bond acceptors (Lipinski definition) is 3. The quantitative estimate of drug-likeness (QED) is 0.206. The van der Waals surface area contributed by atoms with E-state index >= 15 is 0 Å². The summed E-state index contributed by atoms with van der Waals surface area (Å²) < 4.78 is 11.0. The Kier molecular flexibility index (Phi) is 9.83. The fourth-order valence-electron chi connectivity index (χ4n) is 3.88. The van der Waals surface area contributed by atoms with Crippen molar-refractivity contribution in [3.63, 3.8) is 0 Å². The summed E-state index contributed by atoms with van der Waals surface area (Å²) in [6.45, 7) is 3.33. The zero-order chi connectivity index (χ0) is 23.5. The minimum atomic E-state index is -3.94. The lowest BCUT2D eigenvalue weighted by molar-refractivity contribution is 0.371. The number of pyridine rings is 1. The molecule has 0 saturated heterocycles. The average molecular weight is 467 g/mol. The first-order chi connectivity index (χ1) is 16.0. The molecule has 0 aliphatic heterocycles. The Bertz CT molecular complexity index is 1030. The van der Waals surface area contributed by atoms with E-state index in [0.29, 0.717) is 19.5 Å². The fourth-order valence-corrected chi connectivity index (χ4v) is 4.45. The first-order valence-corrected chi connectivity index (χ1v) is 13.7. The predicted molar refractivity (Wildman–Crippen MR) is 136 cm³/mol. The number of unbranched alkanes of at least 4 members (excludes halogenated alkanes) is 3. The molecule has 0 fully saturated rings. The molecule has 0 aliphatic carbocycles. The van der Waals surface area contributed by atoms with E-state index in [0.717, 1.165) is 34.5 Å². The first-order valence-electron chi connectivity index (χ1n) is 11.9. The minimum Gasteiger partial charge on any atom is -0.324 e. The van der Waals surface area contributed by atoms with E-state index in [-0.39, 0.29) is 6.16 Å². The van der Waals surface area contributed by atoms with Gasteiger partial charge in [-0.3, -0.25) is 9.55 Å². The van der Waals surface area contributed by atoms with Crippen LogP contribution in [-0.4, -0.2) is 27.5 Å². The summed E-state index contributed by atoms with van der Waals surface area (Å²) >= 11 is 0. The Hall–Kier alpha value is -2.30. The van der Waals surface area contributed by atoms with Crippen molar-refractivity contribution in [3.8, 4) is 22.4 Å². The van der Waals surface area contributed by atoms with E-state index in [4.69, 9.17) is 14.8 Å². The molecule has 0 bridgehead atoms. The number of benzene rings is 2. The van der Waals surface area contributed by atoms with E-state index in [9.17, 15) is 4.57 Å². The van der Waals surface area contributed by atoms with Gasteiger partial charge < -0.3 is 15.1 Å². The molecule has 3 rings (SSSR count). The molecule has 1 heterocycles. The van der Waals surface area contributed by atoms with Gasteiger partial charge in [-0.25, -0.2) is 0 Å². The molecule has 0 radical (unpaired) electrons. The van der Waals surface area contributed by atoms with E-state index in [1.165, 1.54) is 31.2 Å². The van der Waals surface area contributed by atoms with Crippen molar-refractivity contribution < 1.29 is 14.4 Å². The average Bonchev–Trinajstić information content (AvgIpc) is 2.82. The van der Waals surface area contributed by atoms with Crippen LogP contribution in [-0.2, 0) is 17.5 Å². The second-order valence-corrected chi connectivity index (χ2v) is 10.3. The summed E-state index contributed by atoms with van der Waals surface area (Å²) in [4.78, 5) is 22.9. The highest BCUT2D eigenvalue weighted by molar-refractivity contribution is 7.51. The number of nitrogens with zero attached hydrogens (tertiary/aromatic N) is 1. The fraction of sp³-hybridized carbons (Fsp3) is 0.370. The van der Waals surface area contributed by atoms with Crippen molar-refractivity contribution in [1.82, 2.24) is 10.3 Å². The highest BCUT2D eigenvalue weighted by Gasteiger charge is 2.12. The summed E-state index contributed by atoms with van der Waals surface area (Å²) in [7, 11) is -3.94. The van der Waals surface area contributed by atoms with Gasteiger partial charge in [0.25, 0.3) is 0 Å². The molecular formula is C27H35N2O3P. The van der Waals surface area contributed by atoms with E-state index in [1.807, 2.05) is 24.3 Å². The smallest absolute Gasteiger partial charge is 0.324 e. The molecule has 3 N–H and O–H groups in total. The van der Waals surface area contributed by atoms with Gasteiger partial charge in [-0.1, -0.05) is 86.8 Å². The van der Waals surface area contributed by atoms with Crippen LogP contribution >= 0.6 is 7.60 Å². The number of rotatable bonds is 13. The molecule has 0 amide bonds. The highest BCUT2D eigenvalue weighted by atomic mass is 31.2. The minimum absolute atomic E-state index is 0.101. The number of hydrogen-bond donors (Lipinski definition) is 3. The van der Waals surface area contributed by atoms with Crippen LogP contribution in [0.15, 0.2) is 66.7 Å². The topological polar surface area (TPSA) is 82.5 Å². The molecule has 5 nitrogen and oxygen atoms in total. The molecule has 0 saturated carbocycles. The summed E-state index contributed by atoms with van der Waals surface area (Å²) in [5, 5.41) is 3.24. The standard InChI is InChI=1S/C27H35N2O3P/c1-2-3-4-6-10-22-13-15-23(16-14-22)26-18-17-25(21-28-19-9-20-33(30,31)32)29-27(26)24-11-7-5-8-12-24/h5,7-8,11-18,28H,2-4,6,9-10,19-21H2,1H3,(H2,30,31,32). The highest BCUT2D eigenvalue weighted by Crippen LogP contribution is 2.34. The van der Waals surface area contributed by atoms with E-state index in [2.05, 4.69) is 54.7 Å². The van der Waals surface area contributed by atoms with Crippen molar-refractivity contribution in [1.29, 1.82) is 0 Å². The third-order valence-corrected chi connectivity index (χ3v) is 6.59. The van der Waals surface area contributed by atoms with Crippen LogP contribution in [0.4, 0.5) is 0 Å². The molecule has 2 aromatic carbocycles. The maximum absolute atomic E-state index is 11.0. The second-order valence-electron chi connectivity index (χ2n) is 8.49. The zero-order valence-electron chi connectivity index (χ0n) is 19.4. The Morgan fingerprint density at radius 2 is 1.61 bits per heavy atom. The third-order valence-electron chi connectivity index (χ3n) is 5.69. The van der Waals surface area contributed by atoms with Gasteiger partial charge in [0.2, 0.25) is 0 Å². The van der Waals surface area contributed by atoms with Gasteiger partial charge >= 0.3 is 7.60 Å². The van der Waals surface area contributed by atoms with Gasteiger partial charge in [-0.2, -0.15) is 0 Å². The van der Waals surface area contributed by atoms with Crippen molar-refractivity contribution in [2.45, 2.75) is 52.0 Å². The van der Waals surface area contributed by atoms with Crippen molar-refractivity contribution in [2.24, 2.45) is 0 Å². The Labute approximate surface area is 197 Å². The molecule has 1 aromatic heterocycles. The number of aromatic nitrogens is 1. The van der Waals surface area contributed by atoms with Gasteiger partial charge in [0.1, 0.15) is 0 Å². The Balaban J connectivity index is 1.74. The lowest BCUT2D eigenvalue weighted by Gasteiger charge is -2.13. The van der Waals surface area contributed by atoms with Crippen molar-refractivity contribution in [3.05, 3.63) is 78.0 Å². The Morgan fingerprint density at radius 1 is 0.848 bits per heavy atom. The summed E-state index contributed by atoms with van der Waals surface area (Å²) in [6.07, 6.45) is 6.53.